The number of aliphatic hydroxyl groups is 1. The molecule has 0 radical (unpaired) electrons. The van der Waals surface area contributed by atoms with Crippen LogP contribution in [0.5, 0.6) is 0 Å². The molecule has 154 valence electrons. The molecule has 29 heavy (non-hydrogen) atoms. The Hall–Kier alpha value is -3.16. The SMILES string of the molecule is C=CCOCNC(=O)CNC(=O)OCC1c2ccccc2-c2ccccc21.CO. The van der Waals surface area contributed by atoms with Gasteiger partial charge in [0.25, 0.3) is 0 Å². The van der Waals surface area contributed by atoms with E-state index in [1.807, 2.05) is 24.3 Å². The van der Waals surface area contributed by atoms with Crippen LogP contribution in [0.4, 0.5) is 4.79 Å². The van der Waals surface area contributed by atoms with Gasteiger partial charge in [-0.15, -0.1) is 6.58 Å². The molecule has 0 atom stereocenters. The number of hydrogen-bond donors (Lipinski definition) is 3. The minimum atomic E-state index is -0.626. The monoisotopic (exact) mass is 398 g/mol. The lowest BCUT2D eigenvalue weighted by molar-refractivity contribution is -0.121. The van der Waals surface area contributed by atoms with Gasteiger partial charge in [-0.25, -0.2) is 4.79 Å². The maximum Gasteiger partial charge on any atom is 0.407 e. The number of benzene rings is 2. The lowest BCUT2D eigenvalue weighted by Crippen LogP contribution is -2.38. The fourth-order valence-electron chi connectivity index (χ4n) is 3.14. The van der Waals surface area contributed by atoms with E-state index in [1.165, 1.54) is 11.1 Å². The van der Waals surface area contributed by atoms with E-state index >= 15 is 0 Å². The predicted octanol–water partition coefficient (Wildman–Crippen LogP) is 2.41. The molecule has 0 saturated heterocycles. The molecule has 3 rings (SSSR count). The van der Waals surface area contributed by atoms with Crippen molar-refractivity contribution in [3.05, 3.63) is 72.3 Å². The zero-order valence-electron chi connectivity index (χ0n) is 16.4. The van der Waals surface area contributed by atoms with Crippen molar-refractivity contribution < 1.29 is 24.2 Å². The summed E-state index contributed by atoms with van der Waals surface area (Å²) in [6.45, 7) is 3.96. The van der Waals surface area contributed by atoms with Crippen molar-refractivity contribution in [3.8, 4) is 11.1 Å². The van der Waals surface area contributed by atoms with Crippen LogP contribution in [-0.2, 0) is 14.3 Å². The number of carbonyl (C=O) groups is 2. The van der Waals surface area contributed by atoms with Crippen molar-refractivity contribution in [2.45, 2.75) is 5.92 Å². The highest BCUT2D eigenvalue weighted by Gasteiger charge is 2.28. The molecule has 0 saturated carbocycles. The summed E-state index contributed by atoms with van der Waals surface area (Å²) in [5, 5.41) is 12.0. The standard InChI is InChI=1S/C21H22N2O4.CH4O/c1-2-11-26-14-23-20(24)12-22-21(25)27-13-19-17-9-5-3-7-15(17)16-8-4-6-10-18(16)19;1-2/h2-10,19H,1,11-14H2,(H,22,25)(H,23,24);2H,1H3. The van der Waals surface area contributed by atoms with Gasteiger partial charge in [0.1, 0.15) is 19.9 Å². The first-order valence-electron chi connectivity index (χ1n) is 9.19. The number of aliphatic hydroxyl groups excluding tert-OH is 1. The van der Waals surface area contributed by atoms with Crippen LogP contribution in [0.2, 0.25) is 0 Å². The maximum absolute atomic E-state index is 11.9. The molecule has 1 aliphatic carbocycles. The number of ether oxygens (including phenoxy) is 2. The van der Waals surface area contributed by atoms with Crippen molar-refractivity contribution in [2.75, 3.05) is 33.6 Å². The van der Waals surface area contributed by atoms with E-state index in [0.717, 1.165) is 18.2 Å². The molecular formula is C22H26N2O5. The second-order valence-corrected chi connectivity index (χ2v) is 6.08. The van der Waals surface area contributed by atoms with Crippen LogP contribution in [0.3, 0.4) is 0 Å². The molecule has 2 amide bonds. The van der Waals surface area contributed by atoms with E-state index < -0.39 is 6.09 Å². The van der Waals surface area contributed by atoms with Gasteiger partial charge in [-0.3, -0.25) is 4.79 Å². The van der Waals surface area contributed by atoms with Crippen LogP contribution in [0, 0.1) is 0 Å². The van der Waals surface area contributed by atoms with Crippen LogP contribution in [-0.4, -0.2) is 50.7 Å². The molecule has 0 fully saturated rings. The first-order chi connectivity index (χ1) is 14.2. The number of fused-ring (bicyclic) bond motifs is 3. The Morgan fingerprint density at radius 2 is 1.62 bits per heavy atom. The Kier molecular flexibility index (Phi) is 8.88. The summed E-state index contributed by atoms with van der Waals surface area (Å²) in [5.74, 6) is -0.364. The molecule has 0 heterocycles. The van der Waals surface area contributed by atoms with Crippen molar-refractivity contribution in [2.24, 2.45) is 0 Å². The lowest BCUT2D eigenvalue weighted by atomic mass is 9.98. The molecule has 2 aromatic carbocycles. The van der Waals surface area contributed by atoms with E-state index in [4.69, 9.17) is 14.6 Å². The van der Waals surface area contributed by atoms with Gasteiger partial charge in [-0.1, -0.05) is 54.6 Å². The molecule has 2 aromatic rings. The minimum Gasteiger partial charge on any atom is -0.449 e. The van der Waals surface area contributed by atoms with E-state index in [9.17, 15) is 9.59 Å². The van der Waals surface area contributed by atoms with Gasteiger partial charge in [-0.2, -0.15) is 0 Å². The highest BCUT2D eigenvalue weighted by molar-refractivity contribution is 5.82. The van der Waals surface area contributed by atoms with Crippen molar-refractivity contribution >= 4 is 12.0 Å². The Morgan fingerprint density at radius 3 is 2.21 bits per heavy atom. The summed E-state index contributed by atoms with van der Waals surface area (Å²) in [4.78, 5) is 23.6. The van der Waals surface area contributed by atoms with Crippen molar-refractivity contribution in [1.82, 2.24) is 10.6 Å². The van der Waals surface area contributed by atoms with Crippen molar-refractivity contribution in [1.29, 1.82) is 0 Å². The van der Waals surface area contributed by atoms with Gasteiger partial charge in [0.2, 0.25) is 5.91 Å². The molecule has 7 heteroatoms. The first kappa shape index (κ1) is 22.1. The fraction of sp³-hybridized carbons (Fsp3) is 0.273. The molecule has 1 aliphatic rings. The van der Waals surface area contributed by atoms with E-state index in [2.05, 4.69) is 41.5 Å². The molecule has 0 bridgehead atoms. The molecular weight excluding hydrogens is 372 g/mol. The zero-order valence-corrected chi connectivity index (χ0v) is 16.4. The van der Waals surface area contributed by atoms with Gasteiger partial charge < -0.3 is 25.2 Å². The van der Waals surface area contributed by atoms with Gasteiger partial charge in [-0.05, 0) is 22.3 Å². The summed E-state index contributed by atoms with van der Waals surface area (Å²) in [6.07, 6.45) is 0.959. The molecule has 0 aromatic heterocycles. The van der Waals surface area contributed by atoms with Gasteiger partial charge in [0.05, 0.1) is 6.61 Å². The highest BCUT2D eigenvalue weighted by Crippen LogP contribution is 2.44. The Balaban J connectivity index is 0.00000145. The summed E-state index contributed by atoms with van der Waals surface area (Å²) in [6, 6.07) is 16.2. The topological polar surface area (TPSA) is 96.9 Å². The van der Waals surface area contributed by atoms with E-state index in [1.54, 1.807) is 6.08 Å². The van der Waals surface area contributed by atoms with Gasteiger partial charge in [0.15, 0.2) is 0 Å². The fourth-order valence-corrected chi connectivity index (χ4v) is 3.14. The number of hydrogen-bond acceptors (Lipinski definition) is 5. The van der Waals surface area contributed by atoms with Crippen LogP contribution in [0.1, 0.15) is 17.0 Å². The number of nitrogens with one attached hydrogen (secondary N) is 2. The zero-order chi connectivity index (χ0) is 21.1. The lowest BCUT2D eigenvalue weighted by Gasteiger charge is -2.14. The van der Waals surface area contributed by atoms with E-state index in [0.29, 0.717) is 6.61 Å². The average molecular weight is 398 g/mol. The molecule has 3 N–H and O–H groups in total. The summed E-state index contributed by atoms with van der Waals surface area (Å²) >= 11 is 0. The third-order valence-corrected chi connectivity index (χ3v) is 4.34. The Morgan fingerprint density at radius 1 is 1.03 bits per heavy atom. The number of alkyl carbamates (subject to hydrolysis) is 1. The highest BCUT2D eigenvalue weighted by atomic mass is 16.5. The molecule has 7 nitrogen and oxygen atoms in total. The second-order valence-electron chi connectivity index (χ2n) is 6.08. The Bertz CT molecular complexity index is 792. The van der Waals surface area contributed by atoms with Crippen LogP contribution in [0.15, 0.2) is 61.2 Å². The second kappa shape index (κ2) is 11.6. The van der Waals surface area contributed by atoms with Gasteiger partial charge >= 0.3 is 6.09 Å². The number of carbonyl (C=O) groups excluding carboxylic acids is 2. The largest absolute Gasteiger partial charge is 0.449 e. The third-order valence-electron chi connectivity index (χ3n) is 4.34. The molecule has 0 spiro atoms. The van der Waals surface area contributed by atoms with E-state index in [-0.39, 0.29) is 31.7 Å². The number of amides is 2. The maximum atomic E-state index is 11.9. The molecule has 0 unspecified atom stereocenters. The first-order valence-corrected chi connectivity index (χ1v) is 9.19. The van der Waals surface area contributed by atoms with Crippen LogP contribution in [0.25, 0.3) is 11.1 Å². The van der Waals surface area contributed by atoms with Crippen LogP contribution >= 0.6 is 0 Å². The Labute approximate surface area is 170 Å². The van der Waals surface area contributed by atoms with Crippen molar-refractivity contribution in [3.63, 3.8) is 0 Å². The summed E-state index contributed by atoms with van der Waals surface area (Å²) in [5.41, 5.74) is 4.62. The molecule has 0 aliphatic heterocycles. The quantitative estimate of drug-likeness (QED) is 0.360. The number of rotatable bonds is 8. The normalized spacial score (nSPS) is 11.4. The van der Waals surface area contributed by atoms with Gasteiger partial charge in [0, 0.05) is 13.0 Å². The predicted molar refractivity (Wildman–Crippen MR) is 110 cm³/mol. The summed E-state index contributed by atoms with van der Waals surface area (Å²) < 4.78 is 10.4. The van der Waals surface area contributed by atoms with Crippen LogP contribution < -0.4 is 10.6 Å². The summed E-state index contributed by atoms with van der Waals surface area (Å²) in [7, 11) is 1.00. The average Bonchev–Trinajstić information content (AvgIpc) is 3.09. The minimum absolute atomic E-state index is 0.00993. The smallest absolute Gasteiger partial charge is 0.407 e. The third kappa shape index (κ3) is 5.91.